The Morgan fingerprint density at radius 1 is 1.42 bits per heavy atom. The molecule has 0 heterocycles. The van der Waals surface area contributed by atoms with Crippen molar-refractivity contribution in [2.45, 2.75) is 20.3 Å². The van der Waals surface area contributed by atoms with Gasteiger partial charge < -0.3 is 16.0 Å². The minimum atomic E-state index is -0.442. The van der Waals surface area contributed by atoms with Gasteiger partial charge in [-0.3, -0.25) is 0 Å². The van der Waals surface area contributed by atoms with Gasteiger partial charge in [0.1, 0.15) is 0 Å². The van der Waals surface area contributed by atoms with Crippen LogP contribution in [0.1, 0.15) is 20.3 Å². The molecule has 72 valence electrons. The maximum absolute atomic E-state index is 10.3. The van der Waals surface area contributed by atoms with Gasteiger partial charge in [0, 0.05) is 13.1 Å². The monoisotopic (exact) mass is 173 g/mol. The highest BCUT2D eigenvalue weighted by atomic mass is 16.2. The number of hydrogen-bond acceptors (Lipinski definition) is 2. The molecule has 0 spiro atoms. The van der Waals surface area contributed by atoms with Gasteiger partial charge in [0.25, 0.3) is 0 Å². The average molecular weight is 173 g/mol. The van der Waals surface area contributed by atoms with Crippen LogP contribution in [0.5, 0.6) is 0 Å². The number of amides is 2. The fourth-order valence-electron chi connectivity index (χ4n) is 1.08. The molecule has 0 radical (unpaired) electrons. The smallest absolute Gasteiger partial charge is 0.312 e. The van der Waals surface area contributed by atoms with Crippen molar-refractivity contribution in [2.24, 2.45) is 5.73 Å². The van der Waals surface area contributed by atoms with Crippen molar-refractivity contribution in [3.63, 3.8) is 0 Å². The van der Waals surface area contributed by atoms with Crippen LogP contribution in [0, 0.1) is 0 Å². The van der Waals surface area contributed by atoms with Gasteiger partial charge in [-0.15, -0.1) is 0 Å². The van der Waals surface area contributed by atoms with E-state index in [1.165, 1.54) is 0 Å². The maximum Gasteiger partial charge on any atom is 0.312 e. The second-order valence-corrected chi connectivity index (χ2v) is 2.73. The van der Waals surface area contributed by atoms with E-state index in [0.29, 0.717) is 6.54 Å². The summed E-state index contributed by atoms with van der Waals surface area (Å²) in [6, 6.07) is -0.442. The van der Waals surface area contributed by atoms with Crippen molar-refractivity contribution in [3.8, 4) is 0 Å². The fourth-order valence-corrected chi connectivity index (χ4v) is 1.08. The van der Waals surface area contributed by atoms with Gasteiger partial charge in [0.15, 0.2) is 0 Å². The van der Waals surface area contributed by atoms with E-state index in [1.54, 1.807) is 0 Å². The Hall–Kier alpha value is -0.770. The molecule has 12 heavy (non-hydrogen) atoms. The lowest BCUT2D eigenvalue weighted by atomic mass is 10.4. The van der Waals surface area contributed by atoms with Gasteiger partial charge in [-0.1, -0.05) is 13.8 Å². The number of nitrogens with zero attached hydrogens (tertiary/aromatic N) is 1. The van der Waals surface area contributed by atoms with Gasteiger partial charge in [-0.25, -0.2) is 4.79 Å². The SMILES string of the molecule is CCCN(CC)CCNC(N)=O. The predicted octanol–water partition coefficient (Wildman–Crippen LogP) is 0.387. The van der Waals surface area contributed by atoms with E-state index in [2.05, 4.69) is 24.1 Å². The van der Waals surface area contributed by atoms with Crippen LogP contribution in [0.15, 0.2) is 0 Å². The molecule has 0 aromatic carbocycles. The molecule has 0 atom stereocenters. The zero-order chi connectivity index (χ0) is 9.40. The van der Waals surface area contributed by atoms with Crippen LogP contribution in [0.3, 0.4) is 0 Å². The van der Waals surface area contributed by atoms with Crippen LogP contribution < -0.4 is 11.1 Å². The van der Waals surface area contributed by atoms with E-state index in [0.717, 1.165) is 26.1 Å². The molecule has 0 fully saturated rings. The summed E-state index contributed by atoms with van der Waals surface area (Å²) in [6.45, 7) is 7.88. The van der Waals surface area contributed by atoms with E-state index in [1.807, 2.05) is 0 Å². The highest BCUT2D eigenvalue weighted by Crippen LogP contribution is 1.88. The van der Waals surface area contributed by atoms with E-state index in [-0.39, 0.29) is 0 Å². The molecule has 0 saturated heterocycles. The minimum absolute atomic E-state index is 0.442. The van der Waals surface area contributed by atoms with Crippen molar-refractivity contribution in [3.05, 3.63) is 0 Å². The van der Waals surface area contributed by atoms with E-state index in [4.69, 9.17) is 5.73 Å². The molecule has 2 amide bonds. The zero-order valence-corrected chi connectivity index (χ0v) is 7.97. The third-order valence-corrected chi connectivity index (χ3v) is 1.71. The molecule has 0 rings (SSSR count). The Kier molecular flexibility index (Phi) is 6.47. The number of carbonyl (C=O) groups is 1. The molecular weight excluding hydrogens is 154 g/mol. The van der Waals surface area contributed by atoms with Gasteiger partial charge in [-0.2, -0.15) is 0 Å². The normalized spacial score (nSPS) is 10.2. The maximum atomic E-state index is 10.3. The van der Waals surface area contributed by atoms with Crippen LogP contribution in [-0.2, 0) is 0 Å². The Balaban J connectivity index is 3.37. The highest BCUT2D eigenvalue weighted by molar-refractivity contribution is 5.71. The number of primary amides is 1. The highest BCUT2D eigenvalue weighted by Gasteiger charge is 1.99. The first-order valence-electron chi connectivity index (χ1n) is 4.46. The first-order chi connectivity index (χ1) is 5.70. The first kappa shape index (κ1) is 11.2. The average Bonchev–Trinajstić information content (AvgIpc) is 2.02. The molecule has 0 aliphatic rings. The number of nitrogens with one attached hydrogen (secondary N) is 1. The third kappa shape index (κ3) is 5.97. The van der Waals surface area contributed by atoms with Crippen molar-refractivity contribution >= 4 is 6.03 Å². The third-order valence-electron chi connectivity index (χ3n) is 1.71. The van der Waals surface area contributed by atoms with Crippen LogP contribution in [0.25, 0.3) is 0 Å². The molecule has 0 unspecified atom stereocenters. The van der Waals surface area contributed by atoms with Gasteiger partial charge in [-0.05, 0) is 19.5 Å². The second kappa shape index (κ2) is 6.91. The lowest BCUT2D eigenvalue weighted by molar-refractivity contribution is 0.243. The molecule has 4 nitrogen and oxygen atoms in total. The van der Waals surface area contributed by atoms with Crippen molar-refractivity contribution in [1.29, 1.82) is 0 Å². The van der Waals surface area contributed by atoms with Gasteiger partial charge in [0.05, 0.1) is 0 Å². The van der Waals surface area contributed by atoms with Crippen LogP contribution in [0.4, 0.5) is 4.79 Å². The number of likely N-dealkylation sites (N-methyl/N-ethyl adjacent to an activating group) is 1. The summed E-state index contributed by atoms with van der Waals surface area (Å²) in [5.41, 5.74) is 4.93. The standard InChI is InChI=1S/C8H19N3O/c1-3-6-11(4-2)7-5-10-8(9)12/h3-7H2,1-2H3,(H3,9,10,12). The quantitative estimate of drug-likeness (QED) is 0.610. The summed E-state index contributed by atoms with van der Waals surface area (Å²) in [5, 5.41) is 2.57. The lowest BCUT2D eigenvalue weighted by Gasteiger charge is -2.18. The largest absolute Gasteiger partial charge is 0.352 e. The number of rotatable bonds is 6. The Bertz CT molecular complexity index is 127. The van der Waals surface area contributed by atoms with Crippen molar-refractivity contribution in [1.82, 2.24) is 10.2 Å². The molecule has 0 aliphatic carbocycles. The molecule has 0 aliphatic heterocycles. The number of urea groups is 1. The number of carbonyl (C=O) groups excluding carboxylic acids is 1. The van der Waals surface area contributed by atoms with Crippen molar-refractivity contribution < 1.29 is 4.79 Å². The summed E-state index contributed by atoms with van der Waals surface area (Å²) < 4.78 is 0. The second-order valence-electron chi connectivity index (χ2n) is 2.73. The number of hydrogen-bond donors (Lipinski definition) is 2. The van der Waals surface area contributed by atoms with Gasteiger partial charge >= 0.3 is 6.03 Å². The van der Waals surface area contributed by atoms with Crippen molar-refractivity contribution in [2.75, 3.05) is 26.2 Å². The predicted molar refractivity (Wildman–Crippen MR) is 50.0 cm³/mol. The summed E-state index contributed by atoms with van der Waals surface area (Å²) in [5.74, 6) is 0. The van der Waals surface area contributed by atoms with E-state index < -0.39 is 6.03 Å². The summed E-state index contributed by atoms with van der Waals surface area (Å²) in [7, 11) is 0. The molecule has 0 saturated carbocycles. The summed E-state index contributed by atoms with van der Waals surface area (Å²) >= 11 is 0. The van der Waals surface area contributed by atoms with E-state index >= 15 is 0 Å². The zero-order valence-electron chi connectivity index (χ0n) is 7.97. The summed E-state index contributed by atoms with van der Waals surface area (Å²) in [4.78, 5) is 12.6. The van der Waals surface area contributed by atoms with Crippen LogP contribution >= 0.6 is 0 Å². The minimum Gasteiger partial charge on any atom is -0.352 e. The van der Waals surface area contributed by atoms with Gasteiger partial charge in [0.2, 0.25) is 0 Å². The molecule has 3 N–H and O–H groups in total. The molecule has 0 aromatic rings. The molecular formula is C8H19N3O. The fraction of sp³-hybridized carbons (Fsp3) is 0.875. The first-order valence-corrected chi connectivity index (χ1v) is 4.46. The lowest BCUT2D eigenvalue weighted by Crippen LogP contribution is -2.37. The van der Waals surface area contributed by atoms with E-state index in [9.17, 15) is 4.79 Å². The Morgan fingerprint density at radius 3 is 2.50 bits per heavy atom. The molecule has 4 heteroatoms. The molecule has 0 bridgehead atoms. The molecule has 0 aromatic heterocycles. The van der Waals surface area contributed by atoms with Crippen LogP contribution in [0.2, 0.25) is 0 Å². The Labute approximate surface area is 74.1 Å². The Morgan fingerprint density at radius 2 is 2.08 bits per heavy atom. The summed E-state index contributed by atoms with van der Waals surface area (Å²) in [6.07, 6.45) is 1.14. The number of nitrogens with two attached hydrogens (primary N) is 1. The van der Waals surface area contributed by atoms with Crippen LogP contribution in [-0.4, -0.2) is 37.1 Å². The topological polar surface area (TPSA) is 58.4 Å².